The average Bonchev–Trinajstić information content (AvgIpc) is 2.88. The first-order chi connectivity index (χ1) is 11.4. The molecule has 11 heteroatoms. The van der Waals surface area contributed by atoms with Gasteiger partial charge in [-0.15, -0.1) is 24.0 Å². The molecule has 0 aromatic carbocycles. The minimum absolute atomic E-state index is 0. The number of nitrogens with zero attached hydrogens (tertiary/aromatic N) is 3. The van der Waals surface area contributed by atoms with Gasteiger partial charge >= 0.3 is 6.18 Å². The van der Waals surface area contributed by atoms with E-state index in [0.717, 1.165) is 0 Å². The summed E-state index contributed by atoms with van der Waals surface area (Å²) in [5.41, 5.74) is 0. The van der Waals surface area contributed by atoms with Gasteiger partial charge in [0, 0.05) is 33.2 Å². The molecule has 2 aliphatic rings. The summed E-state index contributed by atoms with van der Waals surface area (Å²) in [6.07, 6.45) is -3.46. The molecular weight excluding hydrogens is 484 g/mol. The van der Waals surface area contributed by atoms with Crippen LogP contribution in [0, 0.1) is 5.92 Å². The van der Waals surface area contributed by atoms with Crippen molar-refractivity contribution in [2.45, 2.75) is 31.2 Å². The fourth-order valence-corrected chi connectivity index (χ4v) is 4.73. The van der Waals surface area contributed by atoms with Crippen LogP contribution < -0.4 is 5.32 Å². The van der Waals surface area contributed by atoms with Gasteiger partial charge in [-0.3, -0.25) is 9.89 Å². The highest BCUT2D eigenvalue weighted by atomic mass is 127. The third-order valence-corrected chi connectivity index (χ3v) is 7.41. The van der Waals surface area contributed by atoms with E-state index in [-0.39, 0.29) is 35.6 Å². The maximum atomic E-state index is 12.4. The van der Waals surface area contributed by atoms with Gasteiger partial charge in [0.25, 0.3) is 0 Å². The van der Waals surface area contributed by atoms with Gasteiger partial charge in [-0.25, -0.2) is 8.42 Å². The molecule has 0 aliphatic carbocycles. The van der Waals surface area contributed by atoms with Crippen molar-refractivity contribution in [2.24, 2.45) is 10.9 Å². The number of rotatable bonds is 3. The first kappa shape index (κ1) is 23.7. The Bertz CT molecular complexity index is 611. The summed E-state index contributed by atoms with van der Waals surface area (Å²) in [7, 11) is -1.50. The largest absolute Gasteiger partial charge is 0.401 e. The lowest BCUT2D eigenvalue weighted by Crippen LogP contribution is -2.57. The number of hydrogen-bond donors (Lipinski definition) is 1. The molecule has 2 fully saturated rings. The molecule has 1 unspecified atom stereocenters. The second-order valence-electron chi connectivity index (χ2n) is 7.43. The van der Waals surface area contributed by atoms with Crippen molar-refractivity contribution in [3.63, 3.8) is 0 Å². The molecule has 0 aromatic rings. The summed E-state index contributed by atoms with van der Waals surface area (Å²) in [5, 5.41) is 3.20. The topological polar surface area (TPSA) is 65.0 Å². The molecule has 26 heavy (non-hydrogen) atoms. The van der Waals surface area contributed by atoms with Crippen LogP contribution in [-0.4, -0.2) is 87.2 Å². The second kappa shape index (κ2) is 8.80. The van der Waals surface area contributed by atoms with Crippen molar-refractivity contribution in [1.29, 1.82) is 0 Å². The maximum Gasteiger partial charge on any atom is 0.401 e. The minimum Gasteiger partial charge on any atom is -0.356 e. The van der Waals surface area contributed by atoms with E-state index in [0.29, 0.717) is 45.1 Å². The van der Waals surface area contributed by atoms with Crippen LogP contribution in [0.1, 0.15) is 20.3 Å². The molecular formula is C15H28F3IN4O2S. The van der Waals surface area contributed by atoms with Crippen LogP contribution in [0.3, 0.4) is 0 Å². The lowest BCUT2D eigenvalue weighted by Gasteiger charge is -2.39. The first-order valence-corrected chi connectivity index (χ1v) is 10.1. The van der Waals surface area contributed by atoms with E-state index in [1.165, 1.54) is 4.90 Å². The number of halogens is 4. The molecule has 6 nitrogen and oxygen atoms in total. The Morgan fingerprint density at radius 2 is 1.96 bits per heavy atom. The lowest BCUT2D eigenvalue weighted by molar-refractivity contribution is -0.143. The van der Waals surface area contributed by atoms with E-state index < -0.39 is 27.3 Å². The van der Waals surface area contributed by atoms with E-state index >= 15 is 0 Å². The van der Waals surface area contributed by atoms with Crippen molar-refractivity contribution in [1.82, 2.24) is 15.1 Å². The van der Waals surface area contributed by atoms with Gasteiger partial charge in [-0.05, 0) is 32.7 Å². The van der Waals surface area contributed by atoms with Crippen LogP contribution in [0.15, 0.2) is 4.99 Å². The number of aliphatic imine (C=N–C) groups is 1. The van der Waals surface area contributed by atoms with E-state index in [9.17, 15) is 21.6 Å². The summed E-state index contributed by atoms with van der Waals surface area (Å²) in [6.45, 7) is 4.64. The van der Waals surface area contributed by atoms with Crippen LogP contribution in [0.4, 0.5) is 13.2 Å². The molecule has 154 valence electrons. The van der Waals surface area contributed by atoms with Crippen LogP contribution in [0.25, 0.3) is 0 Å². The monoisotopic (exact) mass is 512 g/mol. The summed E-state index contributed by atoms with van der Waals surface area (Å²) < 4.78 is 60.7. The van der Waals surface area contributed by atoms with Crippen LogP contribution in [0.5, 0.6) is 0 Å². The number of sulfone groups is 1. The highest BCUT2D eigenvalue weighted by Crippen LogP contribution is 2.24. The Balaban J connectivity index is 0.00000338. The molecule has 0 aromatic heterocycles. The van der Waals surface area contributed by atoms with Crippen molar-refractivity contribution >= 4 is 39.8 Å². The van der Waals surface area contributed by atoms with Gasteiger partial charge in [0.05, 0.1) is 17.0 Å². The lowest BCUT2D eigenvalue weighted by atomic mass is 10.1. The molecule has 0 spiro atoms. The van der Waals surface area contributed by atoms with E-state index in [4.69, 9.17) is 0 Å². The van der Waals surface area contributed by atoms with Crippen molar-refractivity contribution in [3.8, 4) is 0 Å². The van der Waals surface area contributed by atoms with Gasteiger partial charge < -0.3 is 10.2 Å². The molecule has 2 aliphatic heterocycles. The first-order valence-electron chi connectivity index (χ1n) is 8.40. The van der Waals surface area contributed by atoms with Crippen molar-refractivity contribution in [2.75, 3.05) is 52.1 Å². The summed E-state index contributed by atoms with van der Waals surface area (Å²) in [6, 6.07) is 0. The summed E-state index contributed by atoms with van der Waals surface area (Å²) in [4.78, 5) is 7.54. The Morgan fingerprint density at radius 3 is 2.50 bits per heavy atom. The SMILES string of the molecule is CN=C(NCC1CCN(CC(F)(F)F)C1)N1CCS(=O)(=O)C(C)(C)C1.I. The van der Waals surface area contributed by atoms with Crippen LogP contribution in [0.2, 0.25) is 0 Å². The molecule has 2 saturated heterocycles. The van der Waals surface area contributed by atoms with Crippen LogP contribution >= 0.6 is 24.0 Å². The van der Waals surface area contributed by atoms with E-state index in [1.807, 2.05) is 4.90 Å². The zero-order chi connectivity index (χ0) is 18.9. The predicted molar refractivity (Wildman–Crippen MR) is 107 cm³/mol. The molecule has 1 N–H and O–H groups in total. The van der Waals surface area contributed by atoms with Crippen LogP contribution in [-0.2, 0) is 9.84 Å². The fourth-order valence-electron chi connectivity index (χ4n) is 3.37. The molecule has 0 bridgehead atoms. The quantitative estimate of drug-likeness (QED) is 0.354. The highest BCUT2D eigenvalue weighted by molar-refractivity contribution is 14.0. The zero-order valence-electron chi connectivity index (χ0n) is 15.3. The molecule has 2 rings (SSSR count). The summed E-state index contributed by atoms with van der Waals surface area (Å²) >= 11 is 0. The fraction of sp³-hybridized carbons (Fsp3) is 0.933. The van der Waals surface area contributed by atoms with Crippen molar-refractivity contribution in [3.05, 3.63) is 0 Å². The molecule has 0 saturated carbocycles. The second-order valence-corrected chi connectivity index (χ2v) is 10.2. The van der Waals surface area contributed by atoms with Crippen molar-refractivity contribution < 1.29 is 21.6 Å². The summed E-state index contributed by atoms with van der Waals surface area (Å²) in [5.74, 6) is 0.807. The Labute approximate surface area is 170 Å². The van der Waals surface area contributed by atoms with Gasteiger partial charge in [0.15, 0.2) is 15.8 Å². The Kier molecular flexibility index (Phi) is 8.04. The zero-order valence-corrected chi connectivity index (χ0v) is 18.5. The Morgan fingerprint density at radius 1 is 1.31 bits per heavy atom. The van der Waals surface area contributed by atoms with E-state index in [2.05, 4.69) is 10.3 Å². The highest BCUT2D eigenvalue weighted by Gasteiger charge is 2.41. The average molecular weight is 512 g/mol. The minimum atomic E-state index is -4.16. The smallest absolute Gasteiger partial charge is 0.356 e. The molecule has 0 amide bonds. The molecule has 0 radical (unpaired) electrons. The number of guanidine groups is 1. The number of likely N-dealkylation sites (tertiary alicyclic amines) is 1. The molecule has 1 atom stereocenters. The van der Waals surface area contributed by atoms with Gasteiger partial charge in [0.1, 0.15) is 0 Å². The van der Waals surface area contributed by atoms with Gasteiger partial charge in [-0.1, -0.05) is 0 Å². The third-order valence-electron chi connectivity index (χ3n) is 4.88. The Hall–Kier alpha value is -0.300. The standard InChI is InChI=1S/C15H27F3N4O2S.HI/c1-14(2)10-22(6-7-25(14,23)24)13(19-3)20-8-12-4-5-21(9-12)11-15(16,17)18;/h12H,4-11H2,1-3H3,(H,19,20);1H. The maximum absolute atomic E-state index is 12.4. The number of alkyl halides is 3. The third kappa shape index (κ3) is 6.11. The number of nitrogens with one attached hydrogen (secondary N) is 1. The normalized spacial score (nSPS) is 26.5. The predicted octanol–water partition coefficient (Wildman–Crippen LogP) is 1.57. The number of hydrogen-bond acceptors (Lipinski definition) is 4. The van der Waals surface area contributed by atoms with Gasteiger partial charge in [-0.2, -0.15) is 13.2 Å². The molecule has 2 heterocycles. The van der Waals surface area contributed by atoms with E-state index in [1.54, 1.807) is 20.9 Å². The van der Waals surface area contributed by atoms with Gasteiger partial charge in [0.2, 0.25) is 0 Å².